The van der Waals surface area contributed by atoms with E-state index < -0.39 is 5.91 Å². The Labute approximate surface area is 169 Å². The number of amides is 1. The van der Waals surface area contributed by atoms with Crippen molar-refractivity contribution in [2.24, 2.45) is 10.7 Å². The maximum absolute atomic E-state index is 12.1. The molecule has 2 aromatic rings. The number of carbonyl (C=O) groups is 1. The number of primary amides is 1. The zero-order chi connectivity index (χ0) is 20.4. The summed E-state index contributed by atoms with van der Waals surface area (Å²) in [6.45, 7) is 5.56. The van der Waals surface area contributed by atoms with Gasteiger partial charge in [0, 0.05) is 53.0 Å². The lowest BCUT2D eigenvalue weighted by Crippen LogP contribution is -2.12. The lowest BCUT2D eigenvalue weighted by Gasteiger charge is -2.17. The summed E-state index contributed by atoms with van der Waals surface area (Å²) in [6.07, 6.45) is 0. The molecule has 0 radical (unpaired) electrons. The van der Waals surface area contributed by atoms with E-state index in [1.807, 2.05) is 61.5 Å². The molecule has 0 atom stereocenters. The van der Waals surface area contributed by atoms with Crippen molar-refractivity contribution in [1.82, 2.24) is 0 Å². The number of nitrogens with zero attached hydrogens (tertiary/aromatic N) is 1. The molecule has 0 saturated heterocycles. The quantitative estimate of drug-likeness (QED) is 0.491. The Balaban J connectivity index is 2.13. The third-order valence-electron chi connectivity index (χ3n) is 4.89. The van der Waals surface area contributed by atoms with Crippen LogP contribution in [-0.4, -0.2) is 19.0 Å². The summed E-state index contributed by atoms with van der Waals surface area (Å²) in [5.41, 5.74) is 10.5. The van der Waals surface area contributed by atoms with Crippen molar-refractivity contribution in [3.63, 3.8) is 0 Å². The molecule has 0 spiro atoms. The highest BCUT2D eigenvalue weighted by atomic mass is 16.3. The Bertz CT molecular complexity index is 1240. The average Bonchev–Trinajstić information content (AvgIpc) is 2.72. The van der Waals surface area contributed by atoms with Crippen LogP contribution in [-0.2, 0) is 0 Å². The molecule has 0 aromatic heterocycles. The summed E-state index contributed by atoms with van der Waals surface area (Å²) in [7, 11) is 0. The number of rotatable bonds is 5. The molecule has 1 aliphatic heterocycles. The standard InChI is InChI=1S/C24H23N3O2/c1-3-26-15-9-11-19-21(13-15)29-22-14-16(27-4-2)10-12-20(22)23(19)17-7-5-6-8-18(17)24(25)28/h5-14,26H,3-4H2,1-2H3,(H2,25,28). The molecule has 29 heavy (non-hydrogen) atoms. The molecule has 1 aliphatic carbocycles. The summed E-state index contributed by atoms with van der Waals surface area (Å²) in [5, 5.41) is 5.10. The minimum Gasteiger partial charge on any atom is -0.456 e. The molecule has 0 saturated carbocycles. The van der Waals surface area contributed by atoms with Crippen LogP contribution in [0.4, 0.5) is 5.69 Å². The Morgan fingerprint density at radius 2 is 1.86 bits per heavy atom. The predicted molar refractivity (Wildman–Crippen MR) is 117 cm³/mol. The van der Waals surface area contributed by atoms with Gasteiger partial charge in [-0.3, -0.25) is 9.79 Å². The highest BCUT2D eigenvalue weighted by Crippen LogP contribution is 2.41. The van der Waals surface area contributed by atoms with Gasteiger partial charge in [-0.2, -0.15) is 0 Å². The molecule has 146 valence electrons. The van der Waals surface area contributed by atoms with Crippen molar-refractivity contribution < 1.29 is 9.21 Å². The normalized spacial score (nSPS) is 11.9. The van der Waals surface area contributed by atoms with Crippen LogP contribution in [0.5, 0.6) is 0 Å². The molecular formula is C24H23N3O2. The van der Waals surface area contributed by atoms with Gasteiger partial charge in [0.25, 0.3) is 0 Å². The van der Waals surface area contributed by atoms with Crippen LogP contribution in [0.3, 0.4) is 0 Å². The third kappa shape index (κ3) is 3.47. The highest BCUT2D eigenvalue weighted by Gasteiger charge is 2.20. The van der Waals surface area contributed by atoms with Gasteiger partial charge in [0.05, 0.1) is 5.36 Å². The summed E-state index contributed by atoms with van der Waals surface area (Å²) in [5.74, 6) is 0.264. The van der Waals surface area contributed by atoms with Gasteiger partial charge in [0.1, 0.15) is 11.3 Å². The third-order valence-corrected chi connectivity index (χ3v) is 4.89. The van der Waals surface area contributed by atoms with Gasteiger partial charge < -0.3 is 15.5 Å². The zero-order valence-corrected chi connectivity index (χ0v) is 16.5. The molecule has 4 rings (SSSR count). The van der Waals surface area contributed by atoms with E-state index in [9.17, 15) is 4.79 Å². The van der Waals surface area contributed by atoms with Crippen molar-refractivity contribution in [2.75, 3.05) is 18.4 Å². The van der Waals surface area contributed by atoms with E-state index in [0.29, 0.717) is 12.1 Å². The summed E-state index contributed by atoms with van der Waals surface area (Å²) >= 11 is 0. The zero-order valence-electron chi connectivity index (χ0n) is 16.5. The number of nitrogens with two attached hydrogens (primary N) is 1. The molecule has 2 aliphatic rings. The van der Waals surface area contributed by atoms with Gasteiger partial charge in [0.15, 0.2) is 0 Å². The first-order chi connectivity index (χ1) is 14.1. The Hall–Kier alpha value is -3.60. The Morgan fingerprint density at radius 3 is 2.62 bits per heavy atom. The first-order valence-electron chi connectivity index (χ1n) is 9.76. The van der Waals surface area contributed by atoms with E-state index in [0.717, 1.165) is 51.0 Å². The van der Waals surface area contributed by atoms with Crippen molar-refractivity contribution in [1.29, 1.82) is 0 Å². The fraction of sp³-hybridized carbons (Fsp3) is 0.167. The lowest BCUT2D eigenvalue weighted by molar-refractivity contribution is 0.100. The molecule has 3 N–H and O–H groups in total. The monoisotopic (exact) mass is 385 g/mol. The molecule has 2 aromatic carbocycles. The van der Waals surface area contributed by atoms with E-state index in [4.69, 9.17) is 10.2 Å². The second-order valence-electron chi connectivity index (χ2n) is 6.78. The number of hydrogen-bond acceptors (Lipinski definition) is 4. The minimum absolute atomic E-state index is 0.454. The fourth-order valence-electron chi connectivity index (χ4n) is 3.68. The predicted octanol–water partition coefficient (Wildman–Crippen LogP) is 4.66. The van der Waals surface area contributed by atoms with Crippen LogP contribution in [0.1, 0.15) is 24.2 Å². The summed E-state index contributed by atoms with van der Waals surface area (Å²) in [4.78, 5) is 16.6. The Morgan fingerprint density at radius 1 is 1.03 bits per heavy atom. The van der Waals surface area contributed by atoms with Gasteiger partial charge in [-0.05, 0) is 49.7 Å². The van der Waals surface area contributed by atoms with Crippen LogP contribution < -0.4 is 16.4 Å². The number of nitrogens with one attached hydrogen (secondary N) is 1. The highest BCUT2D eigenvalue weighted by molar-refractivity contribution is 6.09. The number of hydrogen-bond donors (Lipinski definition) is 2. The summed E-state index contributed by atoms with van der Waals surface area (Å²) in [6, 6.07) is 19.4. The van der Waals surface area contributed by atoms with E-state index >= 15 is 0 Å². The minimum atomic E-state index is -0.454. The van der Waals surface area contributed by atoms with Crippen molar-refractivity contribution in [2.45, 2.75) is 13.8 Å². The van der Waals surface area contributed by atoms with E-state index in [-0.39, 0.29) is 0 Å². The number of fused-ring (bicyclic) bond motifs is 2. The molecule has 0 bridgehead atoms. The second-order valence-corrected chi connectivity index (χ2v) is 6.78. The van der Waals surface area contributed by atoms with Gasteiger partial charge in [0.2, 0.25) is 5.91 Å². The summed E-state index contributed by atoms with van der Waals surface area (Å²) < 4.78 is 6.27. The molecule has 1 amide bonds. The van der Waals surface area contributed by atoms with Crippen LogP contribution in [0.15, 0.2) is 70.1 Å². The van der Waals surface area contributed by atoms with Gasteiger partial charge >= 0.3 is 0 Å². The SMILES string of the molecule is CCN=c1ccc2c(-c3ccccc3C(N)=O)c3ccc(NCC)cc3oc-2c1. The van der Waals surface area contributed by atoms with E-state index in [2.05, 4.69) is 17.2 Å². The topological polar surface area (TPSA) is 80.6 Å². The van der Waals surface area contributed by atoms with Crippen LogP contribution in [0.2, 0.25) is 0 Å². The van der Waals surface area contributed by atoms with Crippen molar-refractivity contribution in [3.05, 3.63) is 71.6 Å². The average molecular weight is 385 g/mol. The van der Waals surface area contributed by atoms with Gasteiger partial charge in [-0.1, -0.05) is 18.2 Å². The number of carbonyl (C=O) groups excluding carboxylic acids is 1. The van der Waals surface area contributed by atoms with Gasteiger partial charge in [-0.15, -0.1) is 0 Å². The van der Waals surface area contributed by atoms with E-state index in [1.165, 1.54) is 0 Å². The molecule has 5 heteroatoms. The first kappa shape index (κ1) is 18.7. The smallest absolute Gasteiger partial charge is 0.249 e. The second kappa shape index (κ2) is 7.80. The van der Waals surface area contributed by atoms with Crippen LogP contribution in [0, 0.1) is 0 Å². The first-order valence-corrected chi connectivity index (χ1v) is 9.76. The molecule has 5 nitrogen and oxygen atoms in total. The van der Waals surface area contributed by atoms with Gasteiger partial charge in [-0.25, -0.2) is 0 Å². The molecule has 0 unspecified atom stereocenters. The number of benzene rings is 3. The Kier molecular flexibility index (Phi) is 5.04. The van der Waals surface area contributed by atoms with Crippen LogP contribution >= 0.6 is 0 Å². The largest absolute Gasteiger partial charge is 0.456 e. The maximum atomic E-state index is 12.1. The van der Waals surface area contributed by atoms with Crippen molar-refractivity contribution >= 4 is 22.6 Å². The molecular weight excluding hydrogens is 362 g/mol. The maximum Gasteiger partial charge on any atom is 0.249 e. The fourth-order valence-corrected chi connectivity index (χ4v) is 3.68. The molecule has 0 fully saturated rings. The van der Waals surface area contributed by atoms with Crippen LogP contribution in [0.25, 0.3) is 33.4 Å². The number of anilines is 1. The molecule has 1 heterocycles. The van der Waals surface area contributed by atoms with Crippen molar-refractivity contribution in [3.8, 4) is 22.5 Å². The lowest BCUT2D eigenvalue weighted by atomic mass is 9.90. The van der Waals surface area contributed by atoms with E-state index in [1.54, 1.807) is 6.07 Å².